The number of ether oxygens (including phenoxy) is 1. The summed E-state index contributed by atoms with van der Waals surface area (Å²) < 4.78 is 5.52. The highest BCUT2D eigenvalue weighted by atomic mass is 16.7. The molecule has 12 nitrogen and oxygen atoms in total. The van der Waals surface area contributed by atoms with Crippen molar-refractivity contribution >= 4 is 17.1 Å². The highest BCUT2D eigenvalue weighted by Crippen LogP contribution is 2.37. The fourth-order valence-corrected chi connectivity index (χ4v) is 2.39. The number of hydrogen-bond donors (Lipinski definition) is 7. The number of H-pyrrole nitrogens is 1. The van der Waals surface area contributed by atoms with Gasteiger partial charge in [0.25, 0.3) is 11.5 Å². The molecule has 0 spiro atoms. The van der Waals surface area contributed by atoms with E-state index in [4.69, 9.17) is 15.6 Å². The largest absolute Gasteiger partial charge is 0.480 e. The smallest absolute Gasteiger partial charge is 0.300 e. The maximum absolute atomic E-state index is 11.7. The van der Waals surface area contributed by atoms with Crippen molar-refractivity contribution in [3.8, 4) is 6.01 Å². The predicted molar refractivity (Wildman–Crippen MR) is 68.4 cm³/mol. The molecule has 8 N–H and O–H groups in total. The van der Waals surface area contributed by atoms with Gasteiger partial charge < -0.3 is 36.0 Å². The van der Waals surface area contributed by atoms with Gasteiger partial charge in [-0.2, -0.15) is 9.97 Å². The van der Waals surface area contributed by atoms with Crippen molar-refractivity contribution in [2.45, 2.75) is 24.2 Å². The fourth-order valence-electron chi connectivity index (χ4n) is 2.39. The van der Waals surface area contributed by atoms with Crippen LogP contribution >= 0.6 is 0 Å². The normalized spacial score (nSPS) is 31.9. The van der Waals surface area contributed by atoms with Gasteiger partial charge in [0, 0.05) is 0 Å². The third kappa shape index (κ3) is 1.79. The van der Waals surface area contributed by atoms with Crippen molar-refractivity contribution in [3.05, 3.63) is 10.4 Å². The maximum Gasteiger partial charge on any atom is 0.300 e. The summed E-state index contributed by atoms with van der Waals surface area (Å²) in [5, 5.41) is 49.1. The first-order valence-electron chi connectivity index (χ1n) is 6.14. The topological polar surface area (TPSA) is 200 Å². The quantitative estimate of drug-likeness (QED) is 0.287. The maximum atomic E-state index is 11.7. The Bertz CT molecular complexity index is 788. The van der Waals surface area contributed by atoms with Crippen LogP contribution in [0.3, 0.4) is 0 Å². The van der Waals surface area contributed by atoms with Crippen LogP contribution in [-0.4, -0.2) is 70.0 Å². The number of aromatic amines is 1. The molecular weight excluding hydrogens is 302 g/mol. The van der Waals surface area contributed by atoms with Crippen LogP contribution in [-0.2, 0) is 10.6 Å². The molecule has 0 aromatic carbocycles. The van der Waals surface area contributed by atoms with Gasteiger partial charge in [-0.1, -0.05) is 0 Å². The van der Waals surface area contributed by atoms with Crippen LogP contribution in [0, 0.1) is 0 Å². The number of imidazole rings is 1. The molecule has 4 atom stereocenters. The Kier molecular flexibility index (Phi) is 3.08. The van der Waals surface area contributed by atoms with Crippen molar-refractivity contribution in [1.82, 2.24) is 19.5 Å². The molecule has 12 heteroatoms. The lowest BCUT2D eigenvalue weighted by atomic mass is 10.1. The summed E-state index contributed by atoms with van der Waals surface area (Å²) >= 11 is 0. The molecule has 0 aliphatic carbocycles. The van der Waals surface area contributed by atoms with Crippen molar-refractivity contribution in [1.29, 1.82) is 0 Å². The van der Waals surface area contributed by atoms with Crippen LogP contribution in [0.15, 0.2) is 4.79 Å². The van der Waals surface area contributed by atoms with Gasteiger partial charge in [0.05, 0.1) is 6.61 Å². The minimum atomic E-state index is -2.70. The lowest BCUT2D eigenvalue weighted by Crippen LogP contribution is -2.45. The second-order valence-corrected chi connectivity index (χ2v) is 4.80. The molecule has 1 fully saturated rings. The number of nitrogens with two attached hydrogens (primary N) is 1. The van der Waals surface area contributed by atoms with Crippen LogP contribution in [0.5, 0.6) is 6.01 Å². The van der Waals surface area contributed by atoms with Gasteiger partial charge in [0.1, 0.15) is 12.2 Å². The van der Waals surface area contributed by atoms with Crippen molar-refractivity contribution < 1.29 is 30.3 Å². The molecule has 3 heterocycles. The second-order valence-electron chi connectivity index (χ2n) is 4.80. The van der Waals surface area contributed by atoms with E-state index in [1.807, 2.05) is 0 Å². The zero-order valence-corrected chi connectivity index (χ0v) is 10.9. The number of aliphatic hydroxyl groups excluding tert-OH is 3. The van der Waals surface area contributed by atoms with Gasteiger partial charge in [-0.05, 0) is 0 Å². The summed E-state index contributed by atoms with van der Waals surface area (Å²) in [7, 11) is 0. The van der Waals surface area contributed by atoms with Crippen LogP contribution in [0.1, 0.15) is 0 Å². The molecule has 0 unspecified atom stereocenters. The molecule has 120 valence electrons. The summed E-state index contributed by atoms with van der Waals surface area (Å²) in [4.78, 5) is 21.1. The Morgan fingerprint density at radius 1 is 1.41 bits per heavy atom. The molecular formula is C10H13N5O7. The Balaban J connectivity index is 2.26. The van der Waals surface area contributed by atoms with Crippen LogP contribution < -0.4 is 11.3 Å². The van der Waals surface area contributed by atoms with E-state index >= 15 is 0 Å². The van der Waals surface area contributed by atoms with E-state index in [0.717, 1.165) is 0 Å². The van der Waals surface area contributed by atoms with Crippen LogP contribution in [0.4, 0.5) is 5.95 Å². The Morgan fingerprint density at radius 3 is 2.68 bits per heavy atom. The zero-order valence-electron chi connectivity index (χ0n) is 10.9. The van der Waals surface area contributed by atoms with Gasteiger partial charge in [0.15, 0.2) is 17.3 Å². The average molecular weight is 315 g/mol. The highest BCUT2D eigenvalue weighted by molar-refractivity contribution is 5.72. The molecule has 0 radical (unpaired) electrons. The lowest BCUT2D eigenvalue weighted by molar-refractivity contribution is -0.288. The molecule has 3 rings (SSSR count). The summed E-state index contributed by atoms with van der Waals surface area (Å²) in [5.74, 6) is -3.02. The SMILES string of the molecule is Nc1nc2c(nc(O)n2[C@]2(O)O[C@H](CO)[C@@H](O)[C@H]2O)c(=O)[nH]1. The van der Waals surface area contributed by atoms with Crippen molar-refractivity contribution in [2.24, 2.45) is 0 Å². The van der Waals surface area contributed by atoms with E-state index in [0.29, 0.717) is 4.57 Å². The second kappa shape index (κ2) is 4.62. The number of nitrogens with zero attached hydrogens (tertiary/aromatic N) is 3. The number of nitrogens with one attached hydrogen (secondary N) is 1. The summed E-state index contributed by atoms with van der Waals surface area (Å²) in [5.41, 5.74) is 3.88. The van der Waals surface area contributed by atoms with E-state index in [2.05, 4.69) is 15.0 Å². The predicted octanol–water partition coefficient (Wildman–Crippen LogP) is -3.88. The summed E-state index contributed by atoms with van der Waals surface area (Å²) in [6, 6.07) is -0.897. The van der Waals surface area contributed by atoms with Gasteiger partial charge >= 0.3 is 6.01 Å². The number of aromatic nitrogens is 4. The van der Waals surface area contributed by atoms with Gasteiger partial charge in [0.2, 0.25) is 5.95 Å². The van der Waals surface area contributed by atoms with Gasteiger partial charge in [-0.15, -0.1) is 0 Å². The number of rotatable bonds is 2. The summed E-state index contributed by atoms with van der Waals surface area (Å²) in [6.45, 7) is -0.704. The minimum Gasteiger partial charge on any atom is -0.480 e. The minimum absolute atomic E-state index is 0.325. The van der Waals surface area contributed by atoms with Gasteiger partial charge in [-0.3, -0.25) is 9.78 Å². The third-order valence-electron chi connectivity index (χ3n) is 3.43. The molecule has 0 amide bonds. The number of aromatic hydroxyl groups is 1. The van der Waals surface area contributed by atoms with Crippen LogP contribution in [0.25, 0.3) is 11.2 Å². The van der Waals surface area contributed by atoms with Crippen LogP contribution in [0.2, 0.25) is 0 Å². The molecule has 1 aliphatic rings. The molecule has 2 aromatic heterocycles. The third-order valence-corrected chi connectivity index (χ3v) is 3.43. The first-order chi connectivity index (χ1) is 10.3. The molecule has 2 aromatic rings. The van der Waals surface area contributed by atoms with E-state index in [1.165, 1.54) is 0 Å². The molecule has 0 bridgehead atoms. The Labute approximate surface area is 121 Å². The highest BCUT2D eigenvalue weighted by Gasteiger charge is 2.56. The molecule has 0 saturated carbocycles. The van der Waals surface area contributed by atoms with Gasteiger partial charge in [-0.25, -0.2) is 4.57 Å². The molecule has 1 saturated heterocycles. The average Bonchev–Trinajstić information content (AvgIpc) is 2.89. The fraction of sp³-hybridized carbons (Fsp3) is 0.500. The lowest BCUT2D eigenvalue weighted by Gasteiger charge is -2.27. The number of hydrogen-bond acceptors (Lipinski definition) is 10. The van der Waals surface area contributed by atoms with E-state index in [1.54, 1.807) is 0 Å². The first-order valence-corrected chi connectivity index (χ1v) is 6.14. The number of anilines is 1. The van der Waals surface area contributed by atoms with E-state index < -0.39 is 42.4 Å². The Morgan fingerprint density at radius 2 is 2.09 bits per heavy atom. The Hall–Kier alpha value is -2.25. The molecule has 22 heavy (non-hydrogen) atoms. The number of nitrogen functional groups attached to an aromatic ring is 1. The number of aliphatic hydroxyl groups is 4. The standard InChI is InChI=1S/C10H13N5O7/c11-8-13-6-3(7(19)14-8)12-9(20)15(6)10(21)5(18)4(17)2(1-16)22-10/h2,4-5,16-18,21H,1H2,(H,12,20)(H3,11,13,14,19)/t2-,4-,5-,10-/m1/s1. The molecule has 1 aliphatic heterocycles. The van der Waals surface area contributed by atoms with E-state index in [-0.39, 0.29) is 17.1 Å². The zero-order chi connectivity index (χ0) is 16.2. The van der Waals surface area contributed by atoms with Crippen molar-refractivity contribution in [2.75, 3.05) is 12.3 Å². The summed E-state index contributed by atoms with van der Waals surface area (Å²) in [6.07, 6.45) is -4.92. The monoisotopic (exact) mass is 315 g/mol. The van der Waals surface area contributed by atoms with E-state index in [9.17, 15) is 25.2 Å². The number of fused-ring (bicyclic) bond motifs is 1. The first kappa shape index (κ1) is 14.7. The van der Waals surface area contributed by atoms with Crippen molar-refractivity contribution in [3.63, 3.8) is 0 Å².